The van der Waals surface area contributed by atoms with Crippen molar-refractivity contribution in [2.75, 3.05) is 0 Å². The van der Waals surface area contributed by atoms with Gasteiger partial charge in [0.05, 0.1) is 11.9 Å². The SMILES string of the molecule is CC(C)NCc1nc2sc3c(c2c(=O)[nH]1)CCC(C(C)(C)C)C3. The lowest BCUT2D eigenvalue weighted by Crippen LogP contribution is -2.27. The summed E-state index contributed by atoms with van der Waals surface area (Å²) < 4.78 is 0. The van der Waals surface area contributed by atoms with E-state index in [0.717, 1.165) is 28.9 Å². The third-order valence-electron chi connectivity index (χ3n) is 4.87. The average molecular weight is 334 g/mol. The summed E-state index contributed by atoms with van der Waals surface area (Å²) in [6, 6.07) is 0.375. The number of aromatic amines is 1. The number of hydrogen-bond donors (Lipinski definition) is 2. The number of thiophene rings is 1. The molecule has 1 unspecified atom stereocenters. The van der Waals surface area contributed by atoms with Crippen LogP contribution in [0.25, 0.3) is 10.2 Å². The monoisotopic (exact) mass is 333 g/mol. The minimum absolute atomic E-state index is 0.0299. The lowest BCUT2D eigenvalue weighted by molar-refractivity contribution is 0.218. The number of H-pyrrole nitrogens is 1. The van der Waals surface area contributed by atoms with Crippen LogP contribution in [0.5, 0.6) is 0 Å². The predicted octanol–water partition coefficient (Wildman–Crippen LogP) is 3.63. The number of hydrogen-bond acceptors (Lipinski definition) is 4. The van der Waals surface area contributed by atoms with Crippen LogP contribution < -0.4 is 10.9 Å². The van der Waals surface area contributed by atoms with Gasteiger partial charge in [0.25, 0.3) is 5.56 Å². The molecular formula is C18H27N3OS. The van der Waals surface area contributed by atoms with Gasteiger partial charge >= 0.3 is 0 Å². The summed E-state index contributed by atoms with van der Waals surface area (Å²) in [7, 11) is 0. The van der Waals surface area contributed by atoms with Gasteiger partial charge in [-0.2, -0.15) is 0 Å². The second-order valence-corrected chi connectivity index (χ2v) is 9.12. The molecule has 23 heavy (non-hydrogen) atoms. The zero-order valence-electron chi connectivity index (χ0n) is 14.7. The van der Waals surface area contributed by atoms with Crippen molar-refractivity contribution in [1.82, 2.24) is 15.3 Å². The molecule has 0 bridgehead atoms. The Bertz CT molecular complexity index is 767. The van der Waals surface area contributed by atoms with E-state index in [2.05, 4.69) is 44.9 Å². The molecule has 2 aromatic heterocycles. The second kappa shape index (κ2) is 6.02. The molecule has 0 saturated carbocycles. The lowest BCUT2D eigenvalue weighted by Gasteiger charge is -2.33. The smallest absolute Gasteiger partial charge is 0.259 e. The number of rotatable bonds is 3. The van der Waals surface area contributed by atoms with Crippen molar-refractivity contribution < 1.29 is 0 Å². The molecule has 1 atom stereocenters. The Morgan fingerprint density at radius 2 is 2.13 bits per heavy atom. The van der Waals surface area contributed by atoms with E-state index in [4.69, 9.17) is 4.98 Å². The van der Waals surface area contributed by atoms with Crippen LogP contribution >= 0.6 is 11.3 Å². The molecule has 0 aliphatic heterocycles. The van der Waals surface area contributed by atoms with Crippen LogP contribution in [-0.2, 0) is 19.4 Å². The van der Waals surface area contributed by atoms with Gasteiger partial charge in [0, 0.05) is 10.9 Å². The summed E-state index contributed by atoms with van der Waals surface area (Å²) in [4.78, 5) is 22.5. The number of aryl methyl sites for hydroxylation is 1. The molecule has 5 heteroatoms. The normalized spacial score (nSPS) is 18.6. The van der Waals surface area contributed by atoms with Crippen molar-refractivity contribution in [1.29, 1.82) is 0 Å². The van der Waals surface area contributed by atoms with E-state index in [9.17, 15) is 4.79 Å². The number of fused-ring (bicyclic) bond motifs is 3. The van der Waals surface area contributed by atoms with Gasteiger partial charge in [-0.05, 0) is 36.2 Å². The van der Waals surface area contributed by atoms with Crippen molar-refractivity contribution in [3.8, 4) is 0 Å². The second-order valence-electron chi connectivity index (χ2n) is 8.04. The van der Waals surface area contributed by atoms with Crippen molar-refractivity contribution in [3.63, 3.8) is 0 Å². The summed E-state index contributed by atoms with van der Waals surface area (Å²) in [6.07, 6.45) is 3.25. The van der Waals surface area contributed by atoms with Crippen LogP contribution in [0.3, 0.4) is 0 Å². The Labute approximate surface area is 141 Å². The molecule has 2 N–H and O–H groups in total. The number of nitrogens with zero attached hydrogens (tertiary/aromatic N) is 1. The molecule has 2 aromatic rings. The standard InChI is InChI=1S/C18H27N3OS/c1-10(2)19-9-14-20-16(22)15-12-7-6-11(18(3,4)5)8-13(12)23-17(15)21-14/h10-11,19H,6-9H2,1-5H3,(H,20,21,22). The molecule has 0 fully saturated rings. The fraction of sp³-hybridized carbons (Fsp3) is 0.667. The maximum atomic E-state index is 12.5. The largest absolute Gasteiger partial charge is 0.309 e. The maximum absolute atomic E-state index is 12.5. The lowest BCUT2D eigenvalue weighted by atomic mass is 9.72. The number of nitrogens with one attached hydrogen (secondary N) is 2. The summed E-state index contributed by atoms with van der Waals surface area (Å²) in [5.74, 6) is 1.42. The third-order valence-corrected chi connectivity index (χ3v) is 6.02. The van der Waals surface area contributed by atoms with Crippen LogP contribution in [0.15, 0.2) is 4.79 Å². The van der Waals surface area contributed by atoms with Gasteiger partial charge in [0.1, 0.15) is 10.7 Å². The molecule has 0 amide bonds. The molecule has 2 heterocycles. The van der Waals surface area contributed by atoms with Gasteiger partial charge in [-0.3, -0.25) is 4.79 Å². The molecule has 3 rings (SSSR count). The first-order valence-electron chi connectivity index (χ1n) is 8.52. The topological polar surface area (TPSA) is 57.8 Å². The van der Waals surface area contributed by atoms with Crippen molar-refractivity contribution in [3.05, 3.63) is 26.6 Å². The molecule has 0 saturated heterocycles. The first kappa shape index (κ1) is 16.7. The molecule has 1 aliphatic carbocycles. The Morgan fingerprint density at radius 3 is 2.78 bits per heavy atom. The van der Waals surface area contributed by atoms with E-state index >= 15 is 0 Å². The van der Waals surface area contributed by atoms with Crippen LogP contribution in [0.2, 0.25) is 0 Å². The van der Waals surface area contributed by atoms with Crippen LogP contribution in [0.4, 0.5) is 0 Å². The van der Waals surface area contributed by atoms with Gasteiger partial charge in [-0.25, -0.2) is 4.98 Å². The fourth-order valence-corrected chi connectivity index (χ4v) is 4.67. The summed E-state index contributed by atoms with van der Waals surface area (Å²) in [6.45, 7) is 11.7. The van der Waals surface area contributed by atoms with E-state index in [0.29, 0.717) is 23.9 Å². The zero-order valence-corrected chi connectivity index (χ0v) is 15.6. The van der Waals surface area contributed by atoms with Gasteiger partial charge in [-0.15, -0.1) is 11.3 Å². The van der Waals surface area contributed by atoms with Crippen LogP contribution in [0.1, 0.15) is 57.3 Å². The van der Waals surface area contributed by atoms with Gasteiger partial charge in [-0.1, -0.05) is 34.6 Å². The highest BCUT2D eigenvalue weighted by molar-refractivity contribution is 7.18. The van der Waals surface area contributed by atoms with Gasteiger partial charge in [0.15, 0.2) is 0 Å². The minimum Gasteiger partial charge on any atom is -0.309 e. The quantitative estimate of drug-likeness (QED) is 0.902. The maximum Gasteiger partial charge on any atom is 0.259 e. The number of aromatic nitrogens is 2. The Hall–Kier alpha value is -1.20. The molecule has 1 aliphatic rings. The first-order chi connectivity index (χ1) is 10.8. The summed E-state index contributed by atoms with van der Waals surface area (Å²) in [5, 5.41) is 4.15. The fourth-order valence-electron chi connectivity index (χ4n) is 3.35. The minimum atomic E-state index is 0.0299. The summed E-state index contributed by atoms with van der Waals surface area (Å²) in [5.41, 5.74) is 1.60. The van der Waals surface area contributed by atoms with Crippen molar-refractivity contribution in [2.45, 2.75) is 66.5 Å². The Kier molecular flexibility index (Phi) is 4.36. The highest BCUT2D eigenvalue weighted by Crippen LogP contribution is 2.41. The predicted molar refractivity (Wildman–Crippen MR) is 97.2 cm³/mol. The van der Waals surface area contributed by atoms with E-state index in [1.165, 1.54) is 16.9 Å². The van der Waals surface area contributed by atoms with Crippen molar-refractivity contribution in [2.24, 2.45) is 11.3 Å². The van der Waals surface area contributed by atoms with Crippen LogP contribution in [0, 0.1) is 11.3 Å². The van der Waals surface area contributed by atoms with E-state index in [1.54, 1.807) is 11.3 Å². The van der Waals surface area contributed by atoms with E-state index in [1.807, 2.05) is 0 Å². The van der Waals surface area contributed by atoms with Crippen molar-refractivity contribution >= 4 is 21.6 Å². The van der Waals surface area contributed by atoms with E-state index in [-0.39, 0.29) is 5.56 Å². The van der Waals surface area contributed by atoms with Gasteiger partial charge < -0.3 is 10.3 Å². The highest BCUT2D eigenvalue weighted by Gasteiger charge is 2.31. The average Bonchev–Trinajstić information content (AvgIpc) is 2.81. The first-order valence-corrected chi connectivity index (χ1v) is 9.34. The molecule has 126 valence electrons. The Morgan fingerprint density at radius 1 is 1.39 bits per heavy atom. The Balaban J connectivity index is 1.97. The molecule has 0 aromatic carbocycles. The highest BCUT2D eigenvalue weighted by atomic mass is 32.1. The van der Waals surface area contributed by atoms with Gasteiger partial charge in [0.2, 0.25) is 0 Å². The molecule has 0 spiro atoms. The molecular weight excluding hydrogens is 306 g/mol. The molecule has 0 radical (unpaired) electrons. The third kappa shape index (κ3) is 3.36. The zero-order chi connectivity index (χ0) is 16.8. The molecule has 4 nitrogen and oxygen atoms in total. The van der Waals surface area contributed by atoms with Crippen LogP contribution in [-0.4, -0.2) is 16.0 Å². The summed E-state index contributed by atoms with van der Waals surface area (Å²) >= 11 is 1.72. The van der Waals surface area contributed by atoms with E-state index < -0.39 is 0 Å².